The highest BCUT2D eigenvalue weighted by atomic mass is 16.1. The molecule has 0 aliphatic heterocycles. The summed E-state index contributed by atoms with van der Waals surface area (Å²) in [6.07, 6.45) is 3.21. The molecule has 1 aromatic rings. The third-order valence-corrected chi connectivity index (χ3v) is 3.80. The fourth-order valence-electron chi connectivity index (χ4n) is 2.57. The van der Waals surface area contributed by atoms with Gasteiger partial charge in [0, 0.05) is 0 Å². The van der Waals surface area contributed by atoms with Crippen LogP contribution in [-0.2, 0) is 10.2 Å². The summed E-state index contributed by atoms with van der Waals surface area (Å²) in [5.41, 5.74) is 2.28. The fourth-order valence-corrected chi connectivity index (χ4v) is 2.57. The molecule has 0 amide bonds. The molecular weight excluding hydrogens is 210 g/mol. The molecular formula is C15H21NO. The van der Waals surface area contributed by atoms with Crippen LogP contribution in [0.2, 0.25) is 0 Å². The summed E-state index contributed by atoms with van der Waals surface area (Å²) < 4.78 is 0. The first-order chi connectivity index (χ1) is 8.04. The van der Waals surface area contributed by atoms with Crippen molar-refractivity contribution in [3.05, 3.63) is 35.4 Å². The summed E-state index contributed by atoms with van der Waals surface area (Å²) in [6, 6.07) is 8.47. The number of ketones is 1. The average molecular weight is 231 g/mol. The Balaban J connectivity index is 2.25. The van der Waals surface area contributed by atoms with Gasteiger partial charge in [-0.1, -0.05) is 36.2 Å². The van der Waals surface area contributed by atoms with Crippen molar-refractivity contribution in [1.82, 2.24) is 4.90 Å². The van der Waals surface area contributed by atoms with Crippen LogP contribution in [0, 0.1) is 6.92 Å². The highest BCUT2D eigenvalue weighted by molar-refractivity contribution is 5.92. The molecule has 0 bridgehead atoms. The van der Waals surface area contributed by atoms with Gasteiger partial charge in [-0.25, -0.2) is 0 Å². The lowest BCUT2D eigenvalue weighted by molar-refractivity contribution is -0.128. The summed E-state index contributed by atoms with van der Waals surface area (Å²) in [6.45, 7) is 2.63. The monoisotopic (exact) mass is 231 g/mol. The molecule has 92 valence electrons. The first-order valence-corrected chi connectivity index (χ1v) is 6.30. The van der Waals surface area contributed by atoms with Crippen LogP contribution in [0.15, 0.2) is 24.3 Å². The summed E-state index contributed by atoms with van der Waals surface area (Å²) >= 11 is 0. The molecule has 0 saturated heterocycles. The van der Waals surface area contributed by atoms with E-state index >= 15 is 0 Å². The third kappa shape index (κ3) is 2.27. The number of likely N-dealkylation sites (N-methyl/N-ethyl adjacent to an activating group) is 1. The minimum Gasteiger partial charge on any atom is -0.302 e. The number of carbonyl (C=O) groups excluding carboxylic acids is 1. The second kappa shape index (κ2) is 4.61. The molecule has 2 nitrogen and oxygen atoms in total. The van der Waals surface area contributed by atoms with E-state index in [4.69, 9.17) is 0 Å². The van der Waals surface area contributed by atoms with Crippen molar-refractivity contribution in [3.63, 3.8) is 0 Å². The number of hydrogen-bond donors (Lipinski definition) is 0. The molecule has 1 aromatic carbocycles. The molecule has 0 N–H and O–H groups in total. The van der Waals surface area contributed by atoms with Crippen LogP contribution in [0.25, 0.3) is 0 Å². The van der Waals surface area contributed by atoms with Crippen LogP contribution < -0.4 is 0 Å². The van der Waals surface area contributed by atoms with Gasteiger partial charge in [-0.3, -0.25) is 4.79 Å². The summed E-state index contributed by atoms with van der Waals surface area (Å²) in [5.74, 6) is 0.373. The SMILES string of the molecule is Cc1ccc(C2(C(=O)CN(C)C)CCC2)cc1. The maximum atomic E-state index is 12.4. The maximum Gasteiger partial charge on any atom is 0.157 e. The number of aryl methyl sites for hydroxylation is 1. The van der Waals surface area contributed by atoms with Crippen molar-refractivity contribution in [1.29, 1.82) is 0 Å². The zero-order valence-corrected chi connectivity index (χ0v) is 11.0. The predicted octanol–water partition coefficient (Wildman–Crippen LogP) is 2.55. The Morgan fingerprint density at radius 1 is 1.24 bits per heavy atom. The maximum absolute atomic E-state index is 12.4. The number of Topliss-reactive ketones (excluding diaryl/α,β-unsaturated/α-hetero) is 1. The Kier molecular flexibility index (Phi) is 3.34. The third-order valence-electron chi connectivity index (χ3n) is 3.80. The Labute approximate surface area is 104 Å². The van der Waals surface area contributed by atoms with Crippen molar-refractivity contribution in [2.75, 3.05) is 20.6 Å². The number of rotatable bonds is 4. The molecule has 0 heterocycles. The van der Waals surface area contributed by atoms with Crippen LogP contribution in [0.5, 0.6) is 0 Å². The van der Waals surface area contributed by atoms with Gasteiger partial charge in [-0.15, -0.1) is 0 Å². The van der Waals surface area contributed by atoms with Gasteiger partial charge < -0.3 is 4.90 Å². The molecule has 0 aromatic heterocycles. The number of hydrogen-bond acceptors (Lipinski definition) is 2. The summed E-state index contributed by atoms with van der Waals surface area (Å²) in [4.78, 5) is 14.4. The van der Waals surface area contributed by atoms with E-state index in [9.17, 15) is 4.79 Å². The Hall–Kier alpha value is -1.15. The highest BCUT2D eigenvalue weighted by Gasteiger charge is 2.44. The lowest BCUT2D eigenvalue weighted by Crippen LogP contribution is -2.46. The van der Waals surface area contributed by atoms with Crippen molar-refractivity contribution in [2.45, 2.75) is 31.6 Å². The minimum absolute atomic E-state index is 0.183. The number of carbonyl (C=O) groups is 1. The van der Waals surface area contributed by atoms with E-state index in [-0.39, 0.29) is 5.41 Å². The molecule has 2 heteroatoms. The minimum atomic E-state index is -0.183. The Morgan fingerprint density at radius 2 is 1.82 bits per heavy atom. The summed E-state index contributed by atoms with van der Waals surface area (Å²) in [5, 5.41) is 0. The van der Waals surface area contributed by atoms with E-state index in [2.05, 4.69) is 31.2 Å². The van der Waals surface area contributed by atoms with Gasteiger partial charge in [0.05, 0.1) is 12.0 Å². The lowest BCUT2D eigenvalue weighted by atomic mass is 9.62. The molecule has 1 saturated carbocycles. The van der Waals surface area contributed by atoms with Gasteiger partial charge in [0.2, 0.25) is 0 Å². The van der Waals surface area contributed by atoms with E-state index in [1.165, 1.54) is 17.5 Å². The molecule has 2 rings (SSSR count). The van der Waals surface area contributed by atoms with Gasteiger partial charge >= 0.3 is 0 Å². The first kappa shape index (κ1) is 12.3. The number of benzene rings is 1. The largest absolute Gasteiger partial charge is 0.302 e. The van der Waals surface area contributed by atoms with Crippen LogP contribution in [-0.4, -0.2) is 31.3 Å². The van der Waals surface area contributed by atoms with E-state index in [0.717, 1.165) is 12.8 Å². The van der Waals surface area contributed by atoms with E-state index in [1.807, 2.05) is 19.0 Å². The van der Waals surface area contributed by atoms with Gasteiger partial charge in [0.1, 0.15) is 0 Å². The van der Waals surface area contributed by atoms with Crippen LogP contribution in [0.1, 0.15) is 30.4 Å². The second-order valence-corrected chi connectivity index (χ2v) is 5.46. The average Bonchev–Trinajstić information content (AvgIpc) is 2.18. The molecule has 1 aliphatic carbocycles. The van der Waals surface area contributed by atoms with Crippen molar-refractivity contribution in [3.8, 4) is 0 Å². The molecule has 0 radical (unpaired) electrons. The predicted molar refractivity (Wildman–Crippen MR) is 70.3 cm³/mol. The van der Waals surface area contributed by atoms with Crippen LogP contribution >= 0.6 is 0 Å². The molecule has 0 unspecified atom stereocenters. The zero-order valence-electron chi connectivity index (χ0n) is 11.0. The standard InChI is InChI=1S/C15H21NO/c1-12-5-7-13(8-6-12)15(9-4-10-15)14(17)11-16(2)3/h5-8H,4,9-11H2,1-3H3. The van der Waals surface area contributed by atoms with Gasteiger partial charge in [-0.05, 0) is 39.4 Å². The number of nitrogens with zero attached hydrogens (tertiary/aromatic N) is 1. The second-order valence-electron chi connectivity index (χ2n) is 5.46. The van der Waals surface area contributed by atoms with Gasteiger partial charge in [0.25, 0.3) is 0 Å². The highest BCUT2D eigenvalue weighted by Crippen LogP contribution is 2.44. The van der Waals surface area contributed by atoms with Crippen LogP contribution in [0.4, 0.5) is 0 Å². The van der Waals surface area contributed by atoms with Crippen molar-refractivity contribution in [2.24, 2.45) is 0 Å². The smallest absolute Gasteiger partial charge is 0.157 e. The quantitative estimate of drug-likeness (QED) is 0.793. The Morgan fingerprint density at radius 3 is 2.24 bits per heavy atom. The molecule has 0 atom stereocenters. The van der Waals surface area contributed by atoms with Gasteiger partial charge in [0.15, 0.2) is 5.78 Å². The van der Waals surface area contributed by atoms with E-state index < -0.39 is 0 Å². The van der Waals surface area contributed by atoms with Crippen LogP contribution in [0.3, 0.4) is 0 Å². The topological polar surface area (TPSA) is 20.3 Å². The van der Waals surface area contributed by atoms with Crippen molar-refractivity contribution >= 4 is 5.78 Å². The van der Waals surface area contributed by atoms with E-state index in [1.54, 1.807) is 0 Å². The Bertz CT molecular complexity index is 401. The zero-order chi connectivity index (χ0) is 12.5. The van der Waals surface area contributed by atoms with Gasteiger partial charge in [-0.2, -0.15) is 0 Å². The van der Waals surface area contributed by atoms with Crippen molar-refractivity contribution < 1.29 is 4.79 Å². The lowest BCUT2D eigenvalue weighted by Gasteiger charge is -2.41. The van der Waals surface area contributed by atoms with E-state index in [0.29, 0.717) is 12.3 Å². The molecule has 0 spiro atoms. The molecule has 17 heavy (non-hydrogen) atoms. The molecule has 1 fully saturated rings. The normalized spacial score (nSPS) is 17.9. The summed E-state index contributed by atoms with van der Waals surface area (Å²) in [7, 11) is 3.92. The molecule has 1 aliphatic rings. The fraction of sp³-hybridized carbons (Fsp3) is 0.533. The first-order valence-electron chi connectivity index (χ1n) is 6.30.